The van der Waals surface area contributed by atoms with Crippen molar-refractivity contribution < 1.29 is 4.74 Å². The largest absolute Gasteiger partial charge is 0.381 e. The van der Waals surface area contributed by atoms with Crippen molar-refractivity contribution in [2.45, 2.75) is 51.5 Å². The molecule has 1 aliphatic heterocycles. The fraction of sp³-hybridized carbons (Fsp3) is 1.00. The van der Waals surface area contributed by atoms with Gasteiger partial charge in [0.25, 0.3) is 0 Å². The normalized spacial score (nSPS) is 30.4. The van der Waals surface area contributed by atoms with Crippen LogP contribution in [0.25, 0.3) is 0 Å². The van der Waals surface area contributed by atoms with Gasteiger partial charge >= 0.3 is 0 Å². The van der Waals surface area contributed by atoms with Gasteiger partial charge in [-0.3, -0.25) is 0 Å². The highest BCUT2D eigenvalue weighted by Gasteiger charge is 2.37. The molecule has 82 valence electrons. The Morgan fingerprint density at radius 1 is 1.14 bits per heavy atom. The summed E-state index contributed by atoms with van der Waals surface area (Å²) in [7, 11) is 0. The number of nitrogens with two attached hydrogens (primary N) is 1. The van der Waals surface area contributed by atoms with Gasteiger partial charge in [-0.15, -0.1) is 0 Å². The van der Waals surface area contributed by atoms with Gasteiger partial charge in [0.2, 0.25) is 0 Å². The van der Waals surface area contributed by atoms with Crippen molar-refractivity contribution in [2.75, 3.05) is 13.2 Å². The summed E-state index contributed by atoms with van der Waals surface area (Å²) in [6.07, 6.45) is 8.05. The molecule has 0 amide bonds. The highest BCUT2D eigenvalue weighted by atomic mass is 16.5. The van der Waals surface area contributed by atoms with Crippen molar-refractivity contribution in [2.24, 2.45) is 17.1 Å². The standard InChI is InChI=1S/C12H23NO/c1-10(13)11-2-4-12(5-3-11)6-8-14-9-7-12/h10-11H,2-9,13H2,1H3. The Balaban J connectivity index is 1.87. The van der Waals surface area contributed by atoms with E-state index in [1.54, 1.807) is 0 Å². The molecule has 1 atom stereocenters. The van der Waals surface area contributed by atoms with E-state index >= 15 is 0 Å². The third kappa shape index (κ3) is 2.12. The van der Waals surface area contributed by atoms with Crippen LogP contribution in [0.15, 0.2) is 0 Å². The van der Waals surface area contributed by atoms with Crippen LogP contribution in [0.2, 0.25) is 0 Å². The summed E-state index contributed by atoms with van der Waals surface area (Å²) >= 11 is 0. The molecule has 1 saturated heterocycles. The number of hydrogen-bond donors (Lipinski definition) is 1. The zero-order chi connectivity index (χ0) is 10.0. The molecule has 1 heterocycles. The van der Waals surface area contributed by atoms with E-state index in [0.717, 1.165) is 19.1 Å². The molecule has 1 saturated carbocycles. The summed E-state index contributed by atoms with van der Waals surface area (Å²) in [6, 6.07) is 0.396. The molecule has 1 unspecified atom stereocenters. The fourth-order valence-electron chi connectivity index (χ4n) is 3.08. The average Bonchev–Trinajstić information content (AvgIpc) is 2.19. The van der Waals surface area contributed by atoms with E-state index in [2.05, 4.69) is 6.92 Å². The Morgan fingerprint density at radius 3 is 2.21 bits per heavy atom. The van der Waals surface area contributed by atoms with Crippen molar-refractivity contribution in [3.63, 3.8) is 0 Å². The lowest BCUT2D eigenvalue weighted by atomic mass is 9.65. The maximum absolute atomic E-state index is 5.96. The van der Waals surface area contributed by atoms with Crippen LogP contribution < -0.4 is 5.73 Å². The van der Waals surface area contributed by atoms with Gasteiger partial charge in [0, 0.05) is 19.3 Å². The Labute approximate surface area is 87.2 Å². The smallest absolute Gasteiger partial charge is 0.0471 e. The minimum atomic E-state index is 0.396. The second-order valence-corrected chi connectivity index (χ2v) is 5.31. The highest BCUT2D eigenvalue weighted by Crippen LogP contribution is 2.46. The van der Waals surface area contributed by atoms with Gasteiger partial charge in [-0.1, -0.05) is 0 Å². The van der Waals surface area contributed by atoms with Gasteiger partial charge in [-0.2, -0.15) is 0 Å². The van der Waals surface area contributed by atoms with Gasteiger partial charge in [-0.05, 0) is 56.8 Å². The van der Waals surface area contributed by atoms with Crippen LogP contribution in [0, 0.1) is 11.3 Å². The van der Waals surface area contributed by atoms with Crippen molar-refractivity contribution in [3.8, 4) is 0 Å². The number of ether oxygens (including phenoxy) is 1. The van der Waals surface area contributed by atoms with Gasteiger partial charge in [0.15, 0.2) is 0 Å². The molecular weight excluding hydrogens is 174 g/mol. The van der Waals surface area contributed by atoms with Gasteiger partial charge < -0.3 is 10.5 Å². The van der Waals surface area contributed by atoms with E-state index in [4.69, 9.17) is 10.5 Å². The van der Waals surface area contributed by atoms with Crippen molar-refractivity contribution in [3.05, 3.63) is 0 Å². The quantitative estimate of drug-likeness (QED) is 0.700. The Bertz CT molecular complexity index is 175. The van der Waals surface area contributed by atoms with Crippen molar-refractivity contribution in [1.29, 1.82) is 0 Å². The molecule has 0 bridgehead atoms. The molecule has 2 aliphatic rings. The van der Waals surface area contributed by atoms with Crippen LogP contribution in [0.1, 0.15) is 45.4 Å². The summed E-state index contributed by atoms with van der Waals surface area (Å²) in [5.41, 5.74) is 6.60. The number of rotatable bonds is 1. The molecule has 1 spiro atoms. The first-order valence-electron chi connectivity index (χ1n) is 6.05. The van der Waals surface area contributed by atoms with Crippen LogP contribution in [-0.2, 0) is 4.74 Å². The molecule has 2 rings (SSSR count). The van der Waals surface area contributed by atoms with Crippen molar-refractivity contribution >= 4 is 0 Å². The molecule has 0 radical (unpaired) electrons. The van der Waals surface area contributed by atoms with Gasteiger partial charge in [0.05, 0.1) is 0 Å². The highest BCUT2D eigenvalue weighted by molar-refractivity contribution is 4.89. The first-order valence-corrected chi connectivity index (χ1v) is 6.05. The predicted octanol–water partition coefficient (Wildman–Crippen LogP) is 2.32. The summed E-state index contributed by atoms with van der Waals surface area (Å²) < 4.78 is 5.45. The Hall–Kier alpha value is -0.0800. The van der Waals surface area contributed by atoms with E-state index in [1.807, 2.05) is 0 Å². The van der Waals surface area contributed by atoms with E-state index in [-0.39, 0.29) is 0 Å². The summed E-state index contributed by atoms with van der Waals surface area (Å²) in [6.45, 7) is 4.14. The van der Waals surface area contributed by atoms with Crippen LogP contribution in [0.3, 0.4) is 0 Å². The van der Waals surface area contributed by atoms with Crippen LogP contribution in [0.5, 0.6) is 0 Å². The first-order chi connectivity index (χ1) is 6.72. The minimum absolute atomic E-state index is 0.396. The molecule has 2 nitrogen and oxygen atoms in total. The topological polar surface area (TPSA) is 35.2 Å². The molecular formula is C12H23NO. The van der Waals surface area contributed by atoms with Gasteiger partial charge in [-0.25, -0.2) is 0 Å². The van der Waals surface area contributed by atoms with Crippen LogP contribution in [0.4, 0.5) is 0 Å². The molecule has 0 aromatic carbocycles. The average molecular weight is 197 g/mol. The fourth-order valence-corrected chi connectivity index (χ4v) is 3.08. The maximum atomic E-state index is 5.96. The second kappa shape index (κ2) is 4.19. The molecule has 1 aliphatic carbocycles. The lowest BCUT2D eigenvalue weighted by molar-refractivity contribution is -0.0142. The van der Waals surface area contributed by atoms with Crippen molar-refractivity contribution in [1.82, 2.24) is 0 Å². The minimum Gasteiger partial charge on any atom is -0.381 e. The molecule has 0 aromatic heterocycles. The van der Waals surface area contributed by atoms with E-state index in [1.165, 1.54) is 38.5 Å². The first kappa shape index (κ1) is 10.4. The summed E-state index contributed by atoms with van der Waals surface area (Å²) in [5.74, 6) is 0.781. The lowest BCUT2D eigenvalue weighted by Gasteiger charge is -2.43. The monoisotopic (exact) mass is 197 g/mol. The Kier molecular flexibility index (Phi) is 3.13. The molecule has 2 fully saturated rings. The predicted molar refractivity (Wildman–Crippen MR) is 58.1 cm³/mol. The van der Waals surface area contributed by atoms with Crippen LogP contribution >= 0.6 is 0 Å². The Morgan fingerprint density at radius 2 is 1.71 bits per heavy atom. The van der Waals surface area contributed by atoms with E-state index in [0.29, 0.717) is 11.5 Å². The molecule has 2 heteroatoms. The molecule has 14 heavy (non-hydrogen) atoms. The van der Waals surface area contributed by atoms with Crippen LogP contribution in [-0.4, -0.2) is 19.3 Å². The summed E-state index contributed by atoms with van der Waals surface area (Å²) in [4.78, 5) is 0. The zero-order valence-electron chi connectivity index (χ0n) is 9.30. The third-order valence-electron chi connectivity index (χ3n) is 4.39. The van der Waals surface area contributed by atoms with E-state index in [9.17, 15) is 0 Å². The van der Waals surface area contributed by atoms with E-state index < -0.39 is 0 Å². The third-order valence-corrected chi connectivity index (χ3v) is 4.39. The lowest BCUT2D eigenvalue weighted by Crippen LogP contribution is -2.38. The SMILES string of the molecule is CC(N)C1CCC2(CCOCC2)CC1. The molecule has 2 N–H and O–H groups in total. The molecule has 0 aromatic rings. The second-order valence-electron chi connectivity index (χ2n) is 5.31. The van der Waals surface area contributed by atoms with Gasteiger partial charge in [0.1, 0.15) is 0 Å². The maximum Gasteiger partial charge on any atom is 0.0471 e. The number of hydrogen-bond acceptors (Lipinski definition) is 2. The zero-order valence-corrected chi connectivity index (χ0v) is 9.30. The summed E-state index contributed by atoms with van der Waals surface area (Å²) in [5, 5.41) is 0.